The van der Waals surface area contributed by atoms with E-state index in [2.05, 4.69) is 27.8 Å². The first-order valence-corrected chi connectivity index (χ1v) is 6.70. The predicted octanol–water partition coefficient (Wildman–Crippen LogP) is 2.94. The summed E-state index contributed by atoms with van der Waals surface area (Å²) in [7, 11) is 0. The van der Waals surface area contributed by atoms with E-state index in [-0.39, 0.29) is 5.82 Å². The zero-order chi connectivity index (χ0) is 12.5. The van der Waals surface area contributed by atoms with Gasteiger partial charge in [-0.3, -0.25) is 4.90 Å². The molecule has 1 N–H and O–H groups in total. The lowest BCUT2D eigenvalue weighted by molar-refractivity contribution is -0.106. The number of hydrogen-bond acceptors (Lipinski definition) is 2. The average molecular weight is 302 g/mol. The summed E-state index contributed by atoms with van der Waals surface area (Å²) in [6.07, 6.45) is 1.86. The second-order valence-corrected chi connectivity index (χ2v) is 5.72. The van der Waals surface area contributed by atoms with Crippen LogP contribution in [0.2, 0.25) is 0 Å². The van der Waals surface area contributed by atoms with E-state index >= 15 is 0 Å². The van der Waals surface area contributed by atoms with Gasteiger partial charge in [0.15, 0.2) is 0 Å². The Kier molecular flexibility index (Phi) is 3.85. The summed E-state index contributed by atoms with van der Waals surface area (Å²) in [5.41, 5.74) is 0.572. The molecule has 0 aliphatic carbocycles. The molecule has 17 heavy (non-hydrogen) atoms. The third-order valence-electron chi connectivity index (χ3n) is 3.14. The number of β-amino-alcohol motifs (C(OH)–C–C–N with tert-alkyl or cyclic N) is 1. The molecular weight excluding hydrogens is 285 g/mol. The molecular formula is C13H17BrFNO. The van der Waals surface area contributed by atoms with Gasteiger partial charge in [0.25, 0.3) is 0 Å². The first kappa shape index (κ1) is 13.0. The Morgan fingerprint density at radius 1 is 1.47 bits per heavy atom. The fourth-order valence-corrected chi connectivity index (χ4v) is 2.84. The molecule has 0 saturated carbocycles. The number of aliphatic hydroxyl groups is 1. The van der Waals surface area contributed by atoms with Crippen LogP contribution in [-0.2, 0) is 6.54 Å². The maximum Gasteiger partial charge on any atom is 0.137 e. The van der Waals surface area contributed by atoms with Crippen molar-refractivity contribution < 1.29 is 9.50 Å². The molecule has 1 fully saturated rings. The molecule has 2 nitrogen and oxygen atoms in total. The highest BCUT2D eigenvalue weighted by Crippen LogP contribution is 2.28. The van der Waals surface area contributed by atoms with E-state index in [0.717, 1.165) is 38.0 Å². The maximum absolute atomic E-state index is 13.1. The van der Waals surface area contributed by atoms with Crippen LogP contribution in [0.4, 0.5) is 4.39 Å². The summed E-state index contributed by atoms with van der Waals surface area (Å²) < 4.78 is 13.6. The molecule has 0 amide bonds. The number of benzene rings is 1. The van der Waals surface area contributed by atoms with E-state index in [1.165, 1.54) is 6.07 Å². The van der Waals surface area contributed by atoms with E-state index in [0.29, 0.717) is 4.47 Å². The zero-order valence-corrected chi connectivity index (χ0v) is 11.5. The number of hydrogen-bond donors (Lipinski definition) is 1. The van der Waals surface area contributed by atoms with Crippen LogP contribution in [0, 0.1) is 5.82 Å². The quantitative estimate of drug-likeness (QED) is 0.924. The summed E-state index contributed by atoms with van der Waals surface area (Å²) in [6.45, 7) is 4.29. The molecule has 1 aromatic carbocycles. The van der Waals surface area contributed by atoms with Gasteiger partial charge in [0, 0.05) is 19.6 Å². The third-order valence-corrected chi connectivity index (χ3v) is 3.75. The van der Waals surface area contributed by atoms with Crippen LogP contribution in [0.3, 0.4) is 0 Å². The van der Waals surface area contributed by atoms with E-state index in [1.807, 2.05) is 0 Å². The molecule has 1 aliphatic heterocycles. The van der Waals surface area contributed by atoms with Gasteiger partial charge in [0.1, 0.15) is 5.82 Å². The summed E-state index contributed by atoms with van der Waals surface area (Å²) in [5.74, 6) is -0.236. The van der Waals surface area contributed by atoms with Crippen LogP contribution in [0.25, 0.3) is 0 Å². The smallest absolute Gasteiger partial charge is 0.137 e. The van der Waals surface area contributed by atoms with Crippen molar-refractivity contribution in [2.45, 2.75) is 31.9 Å². The Morgan fingerprint density at radius 2 is 2.18 bits per heavy atom. The van der Waals surface area contributed by atoms with E-state index in [4.69, 9.17) is 0 Å². The Labute approximate surface area is 110 Å². The lowest BCUT2D eigenvalue weighted by Crippen LogP contribution is -2.60. The van der Waals surface area contributed by atoms with Crippen molar-refractivity contribution in [2.24, 2.45) is 0 Å². The fourth-order valence-electron chi connectivity index (χ4n) is 2.42. The zero-order valence-electron chi connectivity index (χ0n) is 9.92. The fraction of sp³-hybridized carbons (Fsp3) is 0.538. The van der Waals surface area contributed by atoms with Crippen LogP contribution in [0.5, 0.6) is 0 Å². The van der Waals surface area contributed by atoms with Gasteiger partial charge < -0.3 is 5.11 Å². The van der Waals surface area contributed by atoms with Crippen molar-refractivity contribution in [3.8, 4) is 0 Å². The van der Waals surface area contributed by atoms with Gasteiger partial charge >= 0.3 is 0 Å². The van der Waals surface area contributed by atoms with E-state index in [1.54, 1.807) is 12.1 Å². The van der Waals surface area contributed by atoms with Gasteiger partial charge in [-0.15, -0.1) is 0 Å². The average Bonchev–Trinajstić information content (AvgIpc) is 2.22. The lowest BCUT2D eigenvalue weighted by atomic mass is 9.89. The molecule has 0 unspecified atom stereocenters. The largest absolute Gasteiger partial charge is 0.387 e. The molecule has 2 rings (SSSR count). The normalized spacial score (nSPS) is 19.1. The molecule has 94 valence electrons. The first-order valence-electron chi connectivity index (χ1n) is 5.91. The Bertz CT molecular complexity index is 404. The molecule has 0 spiro atoms. The predicted molar refractivity (Wildman–Crippen MR) is 69.2 cm³/mol. The van der Waals surface area contributed by atoms with Gasteiger partial charge in [0.05, 0.1) is 10.1 Å². The molecule has 0 radical (unpaired) electrons. The topological polar surface area (TPSA) is 23.5 Å². The number of halogens is 2. The van der Waals surface area contributed by atoms with Crippen LogP contribution < -0.4 is 0 Å². The van der Waals surface area contributed by atoms with Crippen LogP contribution in [0.15, 0.2) is 22.7 Å². The highest BCUT2D eigenvalue weighted by molar-refractivity contribution is 9.10. The van der Waals surface area contributed by atoms with Crippen molar-refractivity contribution in [3.05, 3.63) is 34.1 Å². The standard InChI is InChI=1S/C13H17BrFNO/c1-2-5-13(17)8-16(9-13)7-10-3-4-12(15)11(14)6-10/h3-4,6,17H,2,5,7-9H2,1H3. The van der Waals surface area contributed by atoms with Crippen molar-refractivity contribution >= 4 is 15.9 Å². The number of rotatable bonds is 4. The molecule has 0 aromatic heterocycles. The van der Waals surface area contributed by atoms with Crippen molar-refractivity contribution in [2.75, 3.05) is 13.1 Å². The van der Waals surface area contributed by atoms with Gasteiger partial charge in [-0.25, -0.2) is 4.39 Å². The summed E-state index contributed by atoms with van der Waals surface area (Å²) in [6, 6.07) is 5.06. The van der Waals surface area contributed by atoms with Gasteiger partial charge in [0.2, 0.25) is 0 Å². The van der Waals surface area contributed by atoms with Crippen LogP contribution >= 0.6 is 15.9 Å². The molecule has 1 saturated heterocycles. The molecule has 1 heterocycles. The minimum absolute atomic E-state index is 0.236. The number of likely N-dealkylation sites (tertiary alicyclic amines) is 1. The molecule has 0 atom stereocenters. The second kappa shape index (κ2) is 5.04. The Morgan fingerprint density at radius 3 is 2.76 bits per heavy atom. The Hall–Kier alpha value is -0.450. The first-order chi connectivity index (χ1) is 8.02. The van der Waals surface area contributed by atoms with Crippen molar-refractivity contribution in [3.63, 3.8) is 0 Å². The van der Waals surface area contributed by atoms with Gasteiger partial charge in [-0.05, 0) is 40.0 Å². The summed E-state index contributed by atoms with van der Waals surface area (Å²) in [5, 5.41) is 10.0. The van der Waals surface area contributed by atoms with Crippen molar-refractivity contribution in [1.29, 1.82) is 0 Å². The monoisotopic (exact) mass is 301 g/mol. The van der Waals surface area contributed by atoms with Gasteiger partial charge in [-0.2, -0.15) is 0 Å². The summed E-state index contributed by atoms with van der Waals surface area (Å²) >= 11 is 3.18. The molecule has 0 bridgehead atoms. The summed E-state index contributed by atoms with van der Waals surface area (Å²) in [4.78, 5) is 2.18. The highest BCUT2D eigenvalue weighted by atomic mass is 79.9. The van der Waals surface area contributed by atoms with Crippen LogP contribution in [-0.4, -0.2) is 28.7 Å². The van der Waals surface area contributed by atoms with Crippen molar-refractivity contribution in [1.82, 2.24) is 4.90 Å². The lowest BCUT2D eigenvalue weighted by Gasteiger charge is -2.46. The SMILES string of the molecule is CCCC1(O)CN(Cc2ccc(F)c(Br)c2)C1. The van der Waals surface area contributed by atoms with E-state index in [9.17, 15) is 9.50 Å². The minimum atomic E-state index is -0.494. The molecule has 4 heteroatoms. The Balaban J connectivity index is 1.89. The second-order valence-electron chi connectivity index (χ2n) is 4.87. The maximum atomic E-state index is 13.1. The van der Waals surface area contributed by atoms with Crippen LogP contribution in [0.1, 0.15) is 25.3 Å². The highest BCUT2D eigenvalue weighted by Gasteiger charge is 2.39. The minimum Gasteiger partial charge on any atom is -0.387 e. The van der Waals surface area contributed by atoms with E-state index < -0.39 is 5.60 Å². The third kappa shape index (κ3) is 3.06. The van der Waals surface area contributed by atoms with Gasteiger partial charge in [-0.1, -0.05) is 19.4 Å². The molecule has 1 aromatic rings. The number of nitrogens with zero attached hydrogens (tertiary/aromatic N) is 1. The molecule has 1 aliphatic rings.